The number of rotatable bonds is 0. The molecule has 10 heteroatoms. The van der Waals surface area contributed by atoms with Crippen LogP contribution in [-0.4, -0.2) is 49.3 Å². The molecule has 9 aliphatic rings. The summed E-state index contributed by atoms with van der Waals surface area (Å²) in [4.78, 5) is 0. The molecule has 8 bridgehead atoms. The van der Waals surface area contributed by atoms with Crippen LogP contribution in [0.2, 0.25) is 0 Å². The summed E-state index contributed by atoms with van der Waals surface area (Å²) in [5.41, 5.74) is 0. The van der Waals surface area contributed by atoms with Crippen LogP contribution in [0.4, 0.5) is 0 Å². The van der Waals surface area contributed by atoms with Crippen LogP contribution in [0.15, 0.2) is 0 Å². The zero-order chi connectivity index (χ0) is 26.2. The molecule has 9 fully saturated rings. The van der Waals surface area contributed by atoms with E-state index in [1.165, 1.54) is 103 Å². The summed E-state index contributed by atoms with van der Waals surface area (Å²) in [7, 11) is 0. The summed E-state index contributed by atoms with van der Waals surface area (Å²) in [6, 6.07) is 0. The Morgan fingerprint density at radius 3 is 0.476 bits per heavy atom. The largest absolute Gasteiger partial charge is 0.286 e. The van der Waals surface area contributed by atoms with Crippen molar-refractivity contribution in [1.29, 1.82) is 0 Å². The summed E-state index contributed by atoms with van der Waals surface area (Å²) in [6.07, 6.45) is 25.6. The van der Waals surface area contributed by atoms with Gasteiger partial charge in [0.2, 0.25) is 0 Å². The fourth-order valence-electron chi connectivity index (χ4n) is 12.0. The molecule has 0 amide bonds. The third kappa shape index (κ3) is 5.45. The van der Waals surface area contributed by atoms with Crippen LogP contribution in [0.1, 0.15) is 103 Å². The van der Waals surface area contributed by atoms with Gasteiger partial charge in [-0.15, -0.1) is 0 Å². The normalized spacial score (nSPS) is 54.9. The van der Waals surface area contributed by atoms with Gasteiger partial charge in [-0.05, 0) is 98.7 Å². The first-order chi connectivity index (χ1) is 19.8. The number of fused-ring (bicyclic) bond motifs is 20. The Morgan fingerprint density at radius 1 is 0.238 bits per heavy atom. The van der Waals surface area contributed by atoms with Crippen molar-refractivity contribution >= 4 is 0 Å². The molecule has 4 saturated carbocycles. The number of nitrogens with one attached hydrogen (secondary N) is 8. The van der Waals surface area contributed by atoms with E-state index in [1.807, 2.05) is 0 Å². The summed E-state index contributed by atoms with van der Waals surface area (Å²) in [6.45, 7) is 0. The van der Waals surface area contributed by atoms with Gasteiger partial charge in [0, 0.05) is 35.3 Å². The van der Waals surface area contributed by atoms with E-state index < -0.39 is 0 Å². The molecule has 5 aliphatic heterocycles. The zero-order valence-electron chi connectivity index (χ0n) is 25.3. The van der Waals surface area contributed by atoms with Crippen molar-refractivity contribution in [1.82, 2.24) is 42.5 Å². The van der Waals surface area contributed by atoms with Gasteiger partial charge in [-0.1, -0.05) is 51.4 Å². The quantitative estimate of drug-likeness (QED) is 0.201. The van der Waals surface area contributed by atoms with E-state index >= 15 is 0 Å². The van der Waals surface area contributed by atoms with Gasteiger partial charge in [-0.25, -0.2) is 0 Å². The van der Waals surface area contributed by atoms with Crippen LogP contribution in [0.25, 0.3) is 0 Å². The van der Waals surface area contributed by atoms with Crippen molar-refractivity contribution in [2.75, 3.05) is 0 Å². The van der Waals surface area contributed by atoms with Crippen molar-refractivity contribution in [3.63, 3.8) is 0 Å². The summed E-state index contributed by atoms with van der Waals surface area (Å²) in [5.74, 6) is 5.97. The number of hydrogen-bond donors (Lipinski definition) is 8. The summed E-state index contributed by atoms with van der Waals surface area (Å²) < 4.78 is 0. The maximum absolute atomic E-state index is 4.26. The average Bonchev–Trinajstić information content (AvgIpc) is 3.73. The number of hydrogen-bond acceptors (Lipinski definition) is 8. The van der Waals surface area contributed by atoms with Crippen molar-refractivity contribution in [2.24, 2.45) is 47.3 Å². The van der Waals surface area contributed by atoms with E-state index in [9.17, 15) is 0 Å². The minimum absolute atomic E-state index is 0. The van der Waals surface area contributed by atoms with E-state index in [0.29, 0.717) is 49.3 Å². The van der Waals surface area contributed by atoms with Crippen LogP contribution in [0.3, 0.4) is 0 Å². The molecule has 5 heterocycles. The van der Waals surface area contributed by atoms with Crippen LogP contribution >= 0.6 is 0 Å². The molecule has 0 aromatic carbocycles. The molecule has 8 atom stereocenters. The predicted molar refractivity (Wildman–Crippen MR) is 157 cm³/mol. The summed E-state index contributed by atoms with van der Waals surface area (Å²) >= 11 is 0. The Balaban J connectivity index is 0.00000144. The topological polar surface area (TPSA) is 96.2 Å². The molecule has 8 N–H and O–H groups in total. The molecule has 8 unspecified atom stereocenters. The van der Waals surface area contributed by atoms with E-state index in [0.717, 1.165) is 47.3 Å². The zero-order valence-corrected chi connectivity index (χ0v) is 27.8. The SMILES string of the molecule is C1CCC2C3NC(NC4NC(NC5NC(NC6NC(N3)C3CCCCC63)C3CCCCC53)C3CCCCC43)C2C1.[Co].[V]. The Labute approximate surface area is 276 Å². The molecule has 9 rings (SSSR count). The van der Waals surface area contributed by atoms with Gasteiger partial charge >= 0.3 is 0 Å². The van der Waals surface area contributed by atoms with Crippen LogP contribution < -0.4 is 42.5 Å². The monoisotopic (exact) mass is 662 g/mol. The van der Waals surface area contributed by atoms with E-state index in [2.05, 4.69) is 42.5 Å². The van der Waals surface area contributed by atoms with E-state index in [4.69, 9.17) is 0 Å². The van der Waals surface area contributed by atoms with E-state index in [-0.39, 0.29) is 35.3 Å². The fourth-order valence-corrected chi connectivity index (χ4v) is 12.0. The van der Waals surface area contributed by atoms with Gasteiger partial charge in [-0.3, -0.25) is 42.5 Å². The predicted octanol–water partition coefficient (Wildman–Crippen LogP) is 2.60. The Kier molecular flexibility index (Phi) is 9.79. The average molecular weight is 663 g/mol. The molecule has 2 radical (unpaired) electrons. The Morgan fingerprint density at radius 2 is 0.357 bits per heavy atom. The standard InChI is InChI=1S/C32H56N8.Co.V/c1-2-10-18-17(9-1)25-33-26(18)38-28-21-13-5-6-14-22(21)30(35-28)40-32-24-16-8-7-15-23(24)31(36-32)39-29-20-12-4-3-11-19(20)27(34-29)37-25;;/h17-40H,1-16H2;;. The van der Waals surface area contributed by atoms with Crippen molar-refractivity contribution in [3.8, 4) is 0 Å². The minimum atomic E-state index is 0. The van der Waals surface area contributed by atoms with Gasteiger partial charge in [0.15, 0.2) is 0 Å². The van der Waals surface area contributed by atoms with Crippen LogP contribution in [0, 0.1) is 47.3 Å². The van der Waals surface area contributed by atoms with Crippen molar-refractivity contribution in [2.45, 2.75) is 152 Å². The first kappa shape index (κ1) is 31.4. The van der Waals surface area contributed by atoms with Crippen LogP contribution in [0.5, 0.6) is 0 Å². The van der Waals surface area contributed by atoms with Crippen LogP contribution in [-0.2, 0) is 35.3 Å². The maximum atomic E-state index is 4.26. The first-order valence-corrected chi connectivity index (χ1v) is 17.9. The van der Waals surface area contributed by atoms with Gasteiger partial charge in [-0.2, -0.15) is 0 Å². The summed E-state index contributed by atoms with van der Waals surface area (Å²) in [5, 5.41) is 33.8. The van der Waals surface area contributed by atoms with E-state index in [1.54, 1.807) is 0 Å². The molecular weight excluding hydrogens is 606 g/mol. The van der Waals surface area contributed by atoms with Gasteiger partial charge in [0.25, 0.3) is 0 Å². The molecule has 238 valence electrons. The second-order valence-corrected chi connectivity index (χ2v) is 15.6. The molecule has 5 saturated heterocycles. The molecule has 42 heavy (non-hydrogen) atoms. The third-order valence-electron chi connectivity index (χ3n) is 13.8. The minimum Gasteiger partial charge on any atom is -0.286 e. The van der Waals surface area contributed by atoms with Crippen molar-refractivity contribution < 1.29 is 35.3 Å². The second kappa shape index (κ2) is 13.1. The smallest absolute Gasteiger partial charge is 0.0628 e. The molecule has 4 aliphatic carbocycles. The molecular formula is C32H56CoN8V. The Hall–Kier alpha value is 0.771. The maximum Gasteiger partial charge on any atom is 0.0628 e. The second-order valence-electron chi connectivity index (χ2n) is 15.6. The molecule has 0 spiro atoms. The fraction of sp³-hybridized carbons (Fsp3) is 1.00. The Bertz CT molecular complexity index is 723. The van der Waals surface area contributed by atoms with Gasteiger partial charge in [0.1, 0.15) is 0 Å². The molecule has 0 aromatic heterocycles. The molecule has 8 nitrogen and oxygen atoms in total. The molecule has 0 aromatic rings. The third-order valence-corrected chi connectivity index (χ3v) is 13.8. The van der Waals surface area contributed by atoms with Gasteiger partial charge < -0.3 is 0 Å². The first-order valence-electron chi connectivity index (χ1n) is 17.9. The van der Waals surface area contributed by atoms with Gasteiger partial charge in [0.05, 0.1) is 49.3 Å². The van der Waals surface area contributed by atoms with Crippen molar-refractivity contribution in [3.05, 3.63) is 0 Å².